The molecule has 4 rings (SSSR count). The minimum atomic E-state index is 0.360. The Bertz CT molecular complexity index is 1320. The lowest BCUT2D eigenvalue weighted by molar-refractivity contribution is 0.112. The van der Waals surface area contributed by atoms with Crippen LogP contribution in [0.3, 0.4) is 0 Å². The van der Waals surface area contributed by atoms with E-state index in [9.17, 15) is 4.79 Å². The SMILES string of the molecule is COc1cccc2c1ccn2-c1ccnc(Nc2cc(N)c(N(C)CCN(C)C)cc2C=O)n1. The van der Waals surface area contributed by atoms with Gasteiger partial charge in [0, 0.05) is 43.5 Å². The van der Waals surface area contributed by atoms with Crippen LogP contribution in [0.2, 0.25) is 0 Å². The molecule has 4 aromatic rings. The molecule has 176 valence electrons. The highest BCUT2D eigenvalue weighted by molar-refractivity contribution is 5.91. The number of fused-ring (bicyclic) bond motifs is 1. The lowest BCUT2D eigenvalue weighted by Gasteiger charge is -2.24. The van der Waals surface area contributed by atoms with Crippen LogP contribution in [0.25, 0.3) is 16.7 Å². The number of nitrogens with two attached hydrogens (primary N) is 1. The number of methoxy groups -OCH3 is 1. The molecule has 2 aromatic heterocycles. The number of aromatic nitrogens is 3. The van der Waals surface area contributed by atoms with E-state index < -0.39 is 0 Å². The lowest BCUT2D eigenvalue weighted by atomic mass is 10.1. The van der Waals surface area contributed by atoms with E-state index in [4.69, 9.17) is 10.5 Å². The van der Waals surface area contributed by atoms with Gasteiger partial charge in [0.25, 0.3) is 0 Å². The van der Waals surface area contributed by atoms with Gasteiger partial charge in [-0.2, -0.15) is 4.98 Å². The van der Waals surface area contributed by atoms with E-state index in [-0.39, 0.29) is 0 Å². The van der Waals surface area contributed by atoms with Gasteiger partial charge in [0.1, 0.15) is 11.6 Å². The smallest absolute Gasteiger partial charge is 0.229 e. The van der Waals surface area contributed by atoms with E-state index in [1.54, 1.807) is 25.4 Å². The number of aldehydes is 1. The minimum absolute atomic E-state index is 0.360. The standard InChI is InChI=1S/C25H29N7O2/c1-30(2)12-13-31(3)22-14-17(16-33)20(15-19(22)26)28-25-27-10-8-24(29-25)32-11-9-18-21(32)6-5-7-23(18)34-4/h5-11,14-16H,12-13,26H2,1-4H3,(H,27,28,29). The predicted molar refractivity (Wildman–Crippen MR) is 137 cm³/mol. The number of benzene rings is 2. The van der Waals surface area contributed by atoms with Gasteiger partial charge >= 0.3 is 0 Å². The second-order valence-electron chi connectivity index (χ2n) is 8.28. The van der Waals surface area contributed by atoms with Crippen LogP contribution in [0.5, 0.6) is 5.75 Å². The zero-order chi connectivity index (χ0) is 24.2. The first-order chi connectivity index (χ1) is 16.4. The summed E-state index contributed by atoms with van der Waals surface area (Å²) in [5.41, 5.74) is 9.69. The van der Waals surface area contributed by atoms with Crippen LogP contribution in [0.4, 0.5) is 23.0 Å². The average molecular weight is 460 g/mol. The highest BCUT2D eigenvalue weighted by atomic mass is 16.5. The van der Waals surface area contributed by atoms with E-state index >= 15 is 0 Å². The number of nitrogen functional groups attached to an aromatic ring is 1. The number of carbonyl (C=O) groups excluding carboxylic acids is 1. The number of hydrogen-bond acceptors (Lipinski definition) is 8. The third kappa shape index (κ3) is 4.65. The average Bonchev–Trinajstić information content (AvgIpc) is 3.27. The van der Waals surface area contributed by atoms with Crippen molar-refractivity contribution in [2.24, 2.45) is 0 Å². The van der Waals surface area contributed by atoms with Crippen LogP contribution in [0.1, 0.15) is 10.4 Å². The molecule has 0 fully saturated rings. The Morgan fingerprint density at radius 1 is 1.15 bits per heavy atom. The summed E-state index contributed by atoms with van der Waals surface area (Å²) >= 11 is 0. The molecule has 2 aromatic carbocycles. The Morgan fingerprint density at radius 2 is 1.97 bits per heavy atom. The molecule has 0 bridgehead atoms. The molecular weight excluding hydrogens is 430 g/mol. The number of nitrogens with zero attached hydrogens (tertiary/aromatic N) is 5. The molecular formula is C25H29N7O2. The van der Waals surface area contributed by atoms with Gasteiger partial charge in [0.05, 0.1) is 29.7 Å². The van der Waals surface area contributed by atoms with Crippen molar-refractivity contribution in [1.82, 2.24) is 19.4 Å². The van der Waals surface area contributed by atoms with Gasteiger partial charge in [0.15, 0.2) is 6.29 Å². The molecule has 34 heavy (non-hydrogen) atoms. The number of ether oxygens (including phenoxy) is 1. The summed E-state index contributed by atoms with van der Waals surface area (Å²) in [5.74, 6) is 1.84. The van der Waals surface area contributed by atoms with E-state index in [0.29, 0.717) is 28.7 Å². The van der Waals surface area contributed by atoms with Gasteiger partial charge in [0.2, 0.25) is 5.95 Å². The van der Waals surface area contributed by atoms with Crippen LogP contribution < -0.4 is 20.7 Å². The fraction of sp³-hybridized carbons (Fsp3) is 0.240. The molecule has 0 aliphatic heterocycles. The molecule has 0 radical (unpaired) electrons. The van der Waals surface area contributed by atoms with E-state index in [1.165, 1.54) is 0 Å². The summed E-state index contributed by atoms with van der Waals surface area (Å²) in [5, 5.41) is 4.14. The Labute approximate surface area is 198 Å². The summed E-state index contributed by atoms with van der Waals surface area (Å²) in [4.78, 5) is 25.0. The van der Waals surface area contributed by atoms with Crippen molar-refractivity contribution in [3.05, 3.63) is 60.4 Å². The normalized spacial score (nSPS) is 11.1. The molecule has 0 saturated carbocycles. The number of rotatable bonds is 9. The van der Waals surface area contributed by atoms with Crippen LogP contribution in [-0.4, -0.2) is 67.1 Å². The number of likely N-dealkylation sites (N-methyl/N-ethyl adjacent to an activating group) is 2. The lowest BCUT2D eigenvalue weighted by Crippen LogP contribution is -2.29. The first-order valence-corrected chi connectivity index (χ1v) is 10.9. The molecule has 0 aliphatic carbocycles. The number of carbonyl (C=O) groups is 1. The Kier molecular flexibility index (Phi) is 6.65. The number of nitrogens with one attached hydrogen (secondary N) is 1. The first-order valence-electron chi connectivity index (χ1n) is 10.9. The van der Waals surface area contributed by atoms with Crippen LogP contribution in [0.15, 0.2) is 54.9 Å². The Morgan fingerprint density at radius 3 is 2.71 bits per heavy atom. The molecule has 9 heteroatoms. The maximum absolute atomic E-state index is 11.9. The summed E-state index contributed by atoms with van der Waals surface area (Å²) < 4.78 is 7.42. The maximum atomic E-state index is 11.9. The van der Waals surface area contributed by atoms with Gasteiger partial charge in [-0.05, 0) is 50.5 Å². The molecule has 9 nitrogen and oxygen atoms in total. The Balaban J connectivity index is 1.63. The van der Waals surface area contributed by atoms with Crippen LogP contribution in [-0.2, 0) is 0 Å². The van der Waals surface area contributed by atoms with Crippen molar-refractivity contribution in [3.63, 3.8) is 0 Å². The first kappa shape index (κ1) is 23.1. The topological polar surface area (TPSA) is 102 Å². The van der Waals surface area contributed by atoms with Gasteiger partial charge in [-0.3, -0.25) is 4.79 Å². The quantitative estimate of drug-likeness (QED) is 0.289. The molecule has 0 saturated heterocycles. The highest BCUT2D eigenvalue weighted by Crippen LogP contribution is 2.31. The van der Waals surface area contributed by atoms with E-state index in [2.05, 4.69) is 20.2 Å². The molecule has 0 spiro atoms. The predicted octanol–water partition coefficient (Wildman–Crippen LogP) is 3.57. The van der Waals surface area contributed by atoms with E-state index in [0.717, 1.165) is 41.7 Å². The third-order valence-corrected chi connectivity index (χ3v) is 5.67. The Hall–Kier alpha value is -4.11. The summed E-state index contributed by atoms with van der Waals surface area (Å²) in [6, 6.07) is 13.2. The molecule has 0 unspecified atom stereocenters. The van der Waals surface area contributed by atoms with Gasteiger partial charge in [-0.15, -0.1) is 0 Å². The maximum Gasteiger partial charge on any atom is 0.229 e. The fourth-order valence-corrected chi connectivity index (χ4v) is 3.81. The summed E-state index contributed by atoms with van der Waals surface area (Å²) in [6.45, 7) is 1.65. The molecule has 0 aliphatic rings. The molecule has 2 heterocycles. The second kappa shape index (κ2) is 9.80. The summed E-state index contributed by atoms with van der Waals surface area (Å²) in [7, 11) is 7.64. The zero-order valence-electron chi connectivity index (χ0n) is 19.8. The third-order valence-electron chi connectivity index (χ3n) is 5.67. The van der Waals surface area contributed by atoms with Crippen molar-refractivity contribution in [3.8, 4) is 11.6 Å². The van der Waals surface area contributed by atoms with E-state index in [1.807, 2.05) is 67.1 Å². The van der Waals surface area contributed by atoms with Crippen LogP contribution in [0, 0.1) is 0 Å². The molecule has 3 N–H and O–H groups in total. The highest BCUT2D eigenvalue weighted by Gasteiger charge is 2.14. The monoisotopic (exact) mass is 459 g/mol. The van der Waals surface area contributed by atoms with Gasteiger partial charge in [-0.1, -0.05) is 6.07 Å². The summed E-state index contributed by atoms with van der Waals surface area (Å²) in [6.07, 6.45) is 4.41. The second-order valence-corrected chi connectivity index (χ2v) is 8.28. The number of anilines is 4. The minimum Gasteiger partial charge on any atom is -0.496 e. The van der Waals surface area contributed by atoms with Gasteiger partial charge in [-0.25, -0.2) is 4.98 Å². The number of hydrogen-bond donors (Lipinski definition) is 2. The van der Waals surface area contributed by atoms with Crippen molar-refractivity contribution < 1.29 is 9.53 Å². The fourth-order valence-electron chi connectivity index (χ4n) is 3.81. The molecule has 0 amide bonds. The van der Waals surface area contributed by atoms with Crippen molar-refractivity contribution in [2.75, 3.05) is 57.3 Å². The van der Waals surface area contributed by atoms with Crippen molar-refractivity contribution in [1.29, 1.82) is 0 Å². The van der Waals surface area contributed by atoms with Crippen LogP contribution >= 0.6 is 0 Å². The zero-order valence-corrected chi connectivity index (χ0v) is 19.8. The molecule has 0 atom stereocenters. The van der Waals surface area contributed by atoms with Gasteiger partial charge < -0.3 is 30.2 Å². The largest absolute Gasteiger partial charge is 0.496 e. The van der Waals surface area contributed by atoms with Crippen molar-refractivity contribution in [2.45, 2.75) is 0 Å². The van der Waals surface area contributed by atoms with Crippen molar-refractivity contribution >= 4 is 40.2 Å².